The predicted octanol–water partition coefficient (Wildman–Crippen LogP) is 2.71. The maximum absolute atomic E-state index is 13.1. The Labute approximate surface area is 170 Å². The SMILES string of the molecule is CC.CC(=O)O[C@@H](C(=O)O)[C@@H](OC(C)=O)C(=O)N1CCCCC1c1ccccc1. The molecule has 0 saturated carbocycles. The molecule has 1 N–H and O–H groups in total. The molecule has 1 saturated heterocycles. The van der Waals surface area contributed by atoms with Crippen LogP contribution in [0.15, 0.2) is 30.3 Å². The van der Waals surface area contributed by atoms with Gasteiger partial charge in [-0.05, 0) is 24.8 Å². The summed E-state index contributed by atoms with van der Waals surface area (Å²) in [6.07, 6.45) is -1.29. The fourth-order valence-corrected chi connectivity index (χ4v) is 3.22. The van der Waals surface area contributed by atoms with E-state index in [1.165, 1.54) is 4.90 Å². The van der Waals surface area contributed by atoms with Crippen molar-refractivity contribution >= 4 is 23.8 Å². The first-order valence-electron chi connectivity index (χ1n) is 9.74. The van der Waals surface area contributed by atoms with Crippen LogP contribution >= 0.6 is 0 Å². The zero-order valence-corrected chi connectivity index (χ0v) is 17.3. The fourth-order valence-electron chi connectivity index (χ4n) is 3.22. The Balaban J connectivity index is 0.00000204. The van der Waals surface area contributed by atoms with E-state index < -0.39 is 36.0 Å². The number of carboxylic acid groups (broad SMARTS) is 1. The Bertz CT molecular complexity index is 704. The number of amides is 1. The summed E-state index contributed by atoms with van der Waals surface area (Å²) in [6.45, 7) is 6.49. The molecule has 1 heterocycles. The number of piperidine rings is 1. The number of esters is 2. The van der Waals surface area contributed by atoms with Crippen LogP contribution in [0.4, 0.5) is 0 Å². The van der Waals surface area contributed by atoms with Crippen molar-refractivity contribution in [3.8, 4) is 0 Å². The molecule has 1 aromatic rings. The minimum atomic E-state index is -1.91. The number of rotatable bonds is 6. The summed E-state index contributed by atoms with van der Waals surface area (Å²) in [4.78, 5) is 49.0. The van der Waals surface area contributed by atoms with E-state index in [1.54, 1.807) is 0 Å². The molecule has 29 heavy (non-hydrogen) atoms. The van der Waals surface area contributed by atoms with Crippen LogP contribution in [0.1, 0.15) is 58.6 Å². The summed E-state index contributed by atoms with van der Waals surface area (Å²) in [6, 6.07) is 9.08. The molecular formula is C21H29NO7. The minimum Gasteiger partial charge on any atom is -0.478 e. The van der Waals surface area contributed by atoms with E-state index in [-0.39, 0.29) is 6.04 Å². The van der Waals surface area contributed by atoms with Crippen molar-refractivity contribution < 1.29 is 33.8 Å². The molecule has 1 aliphatic rings. The second kappa shape index (κ2) is 11.8. The molecule has 1 unspecified atom stereocenters. The highest BCUT2D eigenvalue weighted by Crippen LogP contribution is 2.32. The zero-order chi connectivity index (χ0) is 22.0. The highest BCUT2D eigenvalue weighted by molar-refractivity contribution is 5.91. The minimum absolute atomic E-state index is 0.266. The Morgan fingerprint density at radius 3 is 2.03 bits per heavy atom. The molecule has 0 radical (unpaired) electrons. The predicted molar refractivity (Wildman–Crippen MR) is 105 cm³/mol. The number of hydrogen-bond donors (Lipinski definition) is 1. The van der Waals surface area contributed by atoms with Crippen molar-refractivity contribution in [1.29, 1.82) is 0 Å². The number of hydrogen-bond acceptors (Lipinski definition) is 6. The molecule has 1 fully saturated rings. The molecule has 0 aliphatic carbocycles. The van der Waals surface area contributed by atoms with Gasteiger partial charge >= 0.3 is 17.9 Å². The van der Waals surface area contributed by atoms with Crippen molar-refractivity contribution in [2.45, 2.75) is 65.2 Å². The molecule has 8 heteroatoms. The third-order valence-corrected chi connectivity index (χ3v) is 4.32. The Morgan fingerprint density at radius 2 is 1.52 bits per heavy atom. The van der Waals surface area contributed by atoms with E-state index in [1.807, 2.05) is 44.2 Å². The molecule has 2 rings (SSSR count). The lowest BCUT2D eigenvalue weighted by atomic mass is 9.94. The number of carboxylic acids is 1. The fraction of sp³-hybridized carbons (Fsp3) is 0.524. The third-order valence-electron chi connectivity index (χ3n) is 4.32. The average molecular weight is 407 g/mol. The van der Waals surface area contributed by atoms with Gasteiger partial charge in [0.2, 0.25) is 12.2 Å². The molecule has 8 nitrogen and oxygen atoms in total. The molecule has 1 aliphatic heterocycles. The number of likely N-dealkylation sites (tertiary alicyclic amines) is 1. The van der Waals surface area contributed by atoms with Gasteiger partial charge in [0.1, 0.15) is 0 Å². The van der Waals surface area contributed by atoms with Crippen LogP contribution in [0.2, 0.25) is 0 Å². The number of ether oxygens (including phenoxy) is 2. The zero-order valence-electron chi connectivity index (χ0n) is 17.3. The summed E-state index contributed by atoms with van der Waals surface area (Å²) in [7, 11) is 0. The highest BCUT2D eigenvalue weighted by Gasteiger charge is 2.43. The summed E-state index contributed by atoms with van der Waals surface area (Å²) >= 11 is 0. The van der Waals surface area contributed by atoms with Gasteiger partial charge in [-0.2, -0.15) is 0 Å². The molecule has 0 aromatic heterocycles. The van der Waals surface area contributed by atoms with Crippen molar-refractivity contribution in [2.24, 2.45) is 0 Å². The Kier molecular flexibility index (Phi) is 9.85. The monoisotopic (exact) mass is 407 g/mol. The molecule has 1 aromatic carbocycles. The second-order valence-electron chi connectivity index (χ2n) is 6.35. The number of benzene rings is 1. The van der Waals surface area contributed by atoms with Gasteiger partial charge in [-0.15, -0.1) is 0 Å². The summed E-state index contributed by atoms with van der Waals surface area (Å²) < 4.78 is 9.75. The highest BCUT2D eigenvalue weighted by atomic mass is 16.6. The number of nitrogens with zero attached hydrogens (tertiary/aromatic N) is 1. The van der Waals surface area contributed by atoms with Gasteiger partial charge in [0, 0.05) is 20.4 Å². The number of carbonyl (C=O) groups is 4. The van der Waals surface area contributed by atoms with Gasteiger partial charge in [0.25, 0.3) is 5.91 Å². The molecular weight excluding hydrogens is 378 g/mol. The Morgan fingerprint density at radius 1 is 0.966 bits per heavy atom. The van der Waals surface area contributed by atoms with Gasteiger partial charge in [0.15, 0.2) is 0 Å². The number of aliphatic carboxylic acids is 1. The maximum Gasteiger partial charge on any atom is 0.349 e. The molecule has 0 bridgehead atoms. The van der Waals surface area contributed by atoms with Crippen LogP contribution < -0.4 is 0 Å². The quantitative estimate of drug-likeness (QED) is 0.722. The first-order valence-corrected chi connectivity index (χ1v) is 9.74. The summed E-state index contributed by atoms with van der Waals surface area (Å²) in [5, 5.41) is 9.40. The van der Waals surface area contributed by atoms with Crippen LogP contribution in [0, 0.1) is 0 Å². The maximum atomic E-state index is 13.1. The van der Waals surface area contributed by atoms with Crippen LogP contribution in [0.3, 0.4) is 0 Å². The van der Waals surface area contributed by atoms with Gasteiger partial charge < -0.3 is 19.5 Å². The average Bonchev–Trinajstić information content (AvgIpc) is 2.71. The normalized spacial score (nSPS) is 17.8. The van der Waals surface area contributed by atoms with Gasteiger partial charge in [0.05, 0.1) is 6.04 Å². The molecule has 160 valence electrons. The summed E-state index contributed by atoms with van der Waals surface area (Å²) in [5.74, 6) is -3.96. The van der Waals surface area contributed by atoms with Gasteiger partial charge in [-0.25, -0.2) is 4.79 Å². The summed E-state index contributed by atoms with van der Waals surface area (Å²) in [5.41, 5.74) is 0.909. The van der Waals surface area contributed by atoms with E-state index >= 15 is 0 Å². The lowest BCUT2D eigenvalue weighted by Crippen LogP contribution is -2.53. The van der Waals surface area contributed by atoms with Crippen LogP contribution in [-0.4, -0.2) is 52.6 Å². The smallest absolute Gasteiger partial charge is 0.349 e. The van der Waals surface area contributed by atoms with Crippen molar-refractivity contribution in [3.63, 3.8) is 0 Å². The first-order chi connectivity index (χ1) is 13.8. The van der Waals surface area contributed by atoms with E-state index in [4.69, 9.17) is 9.47 Å². The number of carbonyl (C=O) groups excluding carboxylic acids is 3. The van der Waals surface area contributed by atoms with E-state index in [0.29, 0.717) is 13.0 Å². The van der Waals surface area contributed by atoms with Gasteiger partial charge in [-0.3, -0.25) is 14.4 Å². The lowest BCUT2D eigenvalue weighted by molar-refractivity contribution is -0.184. The lowest BCUT2D eigenvalue weighted by Gasteiger charge is -2.38. The van der Waals surface area contributed by atoms with Gasteiger partial charge in [-0.1, -0.05) is 44.2 Å². The van der Waals surface area contributed by atoms with Crippen LogP contribution in [0.25, 0.3) is 0 Å². The largest absolute Gasteiger partial charge is 0.478 e. The van der Waals surface area contributed by atoms with Crippen molar-refractivity contribution in [1.82, 2.24) is 4.90 Å². The molecule has 1 amide bonds. The first kappa shape index (κ1) is 24.1. The third kappa shape index (κ3) is 6.89. The van der Waals surface area contributed by atoms with E-state index in [2.05, 4.69) is 0 Å². The van der Waals surface area contributed by atoms with Crippen LogP contribution in [0.5, 0.6) is 0 Å². The van der Waals surface area contributed by atoms with Crippen molar-refractivity contribution in [2.75, 3.05) is 6.54 Å². The Hall–Kier alpha value is -2.90. The van der Waals surface area contributed by atoms with Crippen LogP contribution in [-0.2, 0) is 28.7 Å². The second-order valence-corrected chi connectivity index (χ2v) is 6.35. The van der Waals surface area contributed by atoms with Crippen molar-refractivity contribution in [3.05, 3.63) is 35.9 Å². The molecule has 3 atom stereocenters. The topological polar surface area (TPSA) is 110 Å². The van der Waals surface area contributed by atoms with E-state index in [0.717, 1.165) is 32.3 Å². The van der Waals surface area contributed by atoms with E-state index in [9.17, 15) is 24.3 Å². The standard InChI is InChI=1S/C19H23NO7.C2H6/c1-12(21)26-16(17(19(24)25)27-13(2)22)18(23)20-11-7-6-10-15(20)14-8-4-3-5-9-14;1-2/h3-5,8-9,15-17H,6-7,10-11H2,1-2H3,(H,24,25);1-2H3/t15?,16-,17-;/m1./s1. The molecule has 0 spiro atoms.